The molecule has 1 fully saturated rings. The molecule has 2 aromatic rings. The van der Waals surface area contributed by atoms with Crippen molar-refractivity contribution >= 4 is 28.1 Å². The third kappa shape index (κ3) is 4.28. The second-order valence-corrected chi connectivity index (χ2v) is 6.35. The van der Waals surface area contributed by atoms with E-state index in [1.165, 1.54) is 16.9 Å². The Morgan fingerprint density at radius 1 is 1.30 bits per heavy atom. The molecule has 122 valence electrons. The van der Waals surface area contributed by atoms with E-state index in [0.717, 1.165) is 43.7 Å². The highest BCUT2D eigenvalue weighted by Crippen LogP contribution is 2.19. The Morgan fingerprint density at radius 3 is 2.70 bits per heavy atom. The number of thiazole rings is 1. The Kier molecular flexibility index (Phi) is 5.22. The highest BCUT2D eigenvalue weighted by Gasteiger charge is 2.12. The van der Waals surface area contributed by atoms with Crippen LogP contribution in [0.2, 0.25) is 0 Å². The van der Waals surface area contributed by atoms with Crippen LogP contribution in [0.25, 0.3) is 0 Å². The van der Waals surface area contributed by atoms with Gasteiger partial charge in [0.05, 0.1) is 19.4 Å². The van der Waals surface area contributed by atoms with Gasteiger partial charge in [-0.2, -0.15) is 0 Å². The topological polar surface area (TPSA) is 66.5 Å². The van der Waals surface area contributed by atoms with Crippen molar-refractivity contribution in [1.29, 1.82) is 0 Å². The van der Waals surface area contributed by atoms with Crippen molar-refractivity contribution < 1.29 is 9.53 Å². The van der Waals surface area contributed by atoms with Crippen LogP contribution in [0.5, 0.6) is 0 Å². The van der Waals surface area contributed by atoms with Gasteiger partial charge in [-0.25, -0.2) is 4.98 Å². The van der Waals surface area contributed by atoms with Crippen LogP contribution in [-0.2, 0) is 11.3 Å². The zero-order valence-electron chi connectivity index (χ0n) is 13.0. The number of anilines is 2. The van der Waals surface area contributed by atoms with E-state index in [0.29, 0.717) is 4.88 Å². The molecule has 1 saturated heterocycles. The standard InChI is InChI=1S/C16H20N4O2S/c1-17-16-18-10-14(23-16)15(21)19-13-4-2-12(3-5-13)11-20-6-8-22-9-7-20/h2-5,10H,6-9,11H2,1H3,(H,17,18)(H,19,21). The molecule has 1 aliphatic heterocycles. The summed E-state index contributed by atoms with van der Waals surface area (Å²) in [4.78, 5) is 19.2. The highest BCUT2D eigenvalue weighted by atomic mass is 32.1. The van der Waals surface area contributed by atoms with Crippen LogP contribution in [0.1, 0.15) is 15.2 Å². The van der Waals surface area contributed by atoms with E-state index < -0.39 is 0 Å². The van der Waals surface area contributed by atoms with Crippen molar-refractivity contribution in [2.75, 3.05) is 44.0 Å². The lowest BCUT2D eigenvalue weighted by Gasteiger charge is -2.26. The number of nitrogens with zero attached hydrogens (tertiary/aromatic N) is 2. The largest absolute Gasteiger partial charge is 0.379 e. The van der Waals surface area contributed by atoms with E-state index in [1.807, 2.05) is 12.1 Å². The summed E-state index contributed by atoms with van der Waals surface area (Å²) in [5.41, 5.74) is 2.03. The van der Waals surface area contributed by atoms with E-state index in [-0.39, 0.29) is 5.91 Å². The maximum Gasteiger partial charge on any atom is 0.267 e. The van der Waals surface area contributed by atoms with Crippen LogP contribution in [0.4, 0.5) is 10.8 Å². The first kappa shape index (κ1) is 15.9. The number of morpholine rings is 1. The summed E-state index contributed by atoms with van der Waals surface area (Å²) in [6.45, 7) is 4.46. The minimum absolute atomic E-state index is 0.134. The van der Waals surface area contributed by atoms with E-state index in [4.69, 9.17) is 4.74 Å². The number of carbonyl (C=O) groups is 1. The Bertz CT molecular complexity index is 650. The molecule has 0 spiro atoms. The average molecular weight is 332 g/mol. The van der Waals surface area contributed by atoms with Crippen LogP contribution in [0, 0.1) is 0 Å². The third-order valence-corrected chi connectivity index (χ3v) is 4.68. The summed E-state index contributed by atoms with van der Waals surface area (Å²) in [7, 11) is 1.79. The molecule has 0 radical (unpaired) electrons. The van der Waals surface area contributed by atoms with Gasteiger partial charge in [0.1, 0.15) is 4.88 Å². The Morgan fingerprint density at radius 2 is 2.04 bits per heavy atom. The molecule has 1 amide bonds. The van der Waals surface area contributed by atoms with E-state index in [9.17, 15) is 4.79 Å². The molecular weight excluding hydrogens is 312 g/mol. The van der Waals surface area contributed by atoms with Gasteiger partial charge in [0.2, 0.25) is 0 Å². The first-order valence-corrected chi connectivity index (χ1v) is 8.40. The fourth-order valence-corrected chi connectivity index (χ4v) is 3.06. The molecule has 23 heavy (non-hydrogen) atoms. The number of amides is 1. The Labute approximate surface area is 139 Å². The van der Waals surface area contributed by atoms with Gasteiger partial charge in [-0.1, -0.05) is 23.5 Å². The molecule has 7 heteroatoms. The van der Waals surface area contributed by atoms with Gasteiger partial charge in [-0.3, -0.25) is 9.69 Å². The zero-order valence-corrected chi connectivity index (χ0v) is 13.9. The van der Waals surface area contributed by atoms with Gasteiger partial charge in [0.15, 0.2) is 5.13 Å². The summed E-state index contributed by atoms with van der Waals surface area (Å²) in [5.74, 6) is -0.134. The molecular formula is C16H20N4O2S. The maximum atomic E-state index is 12.2. The average Bonchev–Trinajstić information content (AvgIpc) is 3.07. The molecule has 1 aromatic carbocycles. The number of carbonyl (C=O) groups excluding carboxylic acids is 1. The molecule has 0 saturated carbocycles. The predicted octanol–water partition coefficient (Wildman–Crippen LogP) is 2.27. The lowest BCUT2D eigenvalue weighted by atomic mass is 10.2. The number of hydrogen-bond acceptors (Lipinski definition) is 6. The second-order valence-electron chi connectivity index (χ2n) is 5.32. The SMILES string of the molecule is CNc1ncc(C(=O)Nc2ccc(CN3CCOCC3)cc2)s1. The molecule has 3 rings (SSSR count). The molecule has 0 bridgehead atoms. The van der Waals surface area contributed by atoms with Crippen LogP contribution in [-0.4, -0.2) is 49.1 Å². The fourth-order valence-electron chi connectivity index (χ4n) is 2.40. The van der Waals surface area contributed by atoms with E-state index in [1.54, 1.807) is 13.2 Å². The van der Waals surface area contributed by atoms with Crippen molar-refractivity contribution in [2.45, 2.75) is 6.54 Å². The van der Waals surface area contributed by atoms with Crippen molar-refractivity contribution in [2.24, 2.45) is 0 Å². The van der Waals surface area contributed by atoms with Crippen molar-refractivity contribution in [1.82, 2.24) is 9.88 Å². The summed E-state index contributed by atoms with van der Waals surface area (Å²) in [6, 6.07) is 7.98. The first-order valence-electron chi connectivity index (χ1n) is 7.58. The van der Waals surface area contributed by atoms with Gasteiger partial charge < -0.3 is 15.4 Å². The summed E-state index contributed by atoms with van der Waals surface area (Å²) < 4.78 is 5.35. The van der Waals surface area contributed by atoms with Gasteiger partial charge in [0, 0.05) is 32.4 Å². The number of ether oxygens (including phenoxy) is 1. The van der Waals surface area contributed by atoms with E-state index in [2.05, 4.69) is 32.7 Å². The third-order valence-electron chi connectivity index (χ3n) is 3.67. The molecule has 0 atom stereocenters. The molecule has 2 N–H and O–H groups in total. The van der Waals surface area contributed by atoms with Crippen LogP contribution in [0.3, 0.4) is 0 Å². The monoisotopic (exact) mass is 332 g/mol. The predicted molar refractivity (Wildman–Crippen MR) is 92.2 cm³/mol. The van der Waals surface area contributed by atoms with Gasteiger partial charge in [0.25, 0.3) is 5.91 Å². The molecule has 0 unspecified atom stereocenters. The minimum Gasteiger partial charge on any atom is -0.379 e. The Hall–Kier alpha value is -1.96. The molecule has 0 aliphatic carbocycles. The smallest absolute Gasteiger partial charge is 0.267 e. The van der Waals surface area contributed by atoms with Gasteiger partial charge >= 0.3 is 0 Å². The summed E-state index contributed by atoms with van der Waals surface area (Å²) in [6.07, 6.45) is 1.58. The number of aromatic nitrogens is 1. The second kappa shape index (κ2) is 7.54. The number of nitrogens with one attached hydrogen (secondary N) is 2. The Balaban J connectivity index is 1.57. The molecule has 6 nitrogen and oxygen atoms in total. The summed E-state index contributed by atoms with van der Waals surface area (Å²) >= 11 is 1.33. The fraction of sp³-hybridized carbons (Fsp3) is 0.375. The quantitative estimate of drug-likeness (QED) is 0.879. The van der Waals surface area contributed by atoms with Crippen LogP contribution >= 0.6 is 11.3 Å². The van der Waals surface area contributed by atoms with E-state index >= 15 is 0 Å². The van der Waals surface area contributed by atoms with Gasteiger partial charge in [-0.05, 0) is 17.7 Å². The van der Waals surface area contributed by atoms with Gasteiger partial charge in [-0.15, -0.1) is 0 Å². The normalized spacial score (nSPS) is 15.3. The highest BCUT2D eigenvalue weighted by molar-refractivity contribution is 7.17. The lowest BCUT2D eigenvalue weighted by molar-refractivity contribution is 0.0342. The first-order chi connectivity index (χ1) is 11.2. The van der Waals surface area contributed by atoms with Crippen LogP contribution in [0.15, 0.2) is 30.5 Å². The van der Waals surface area contributed by atoms with Crippen molar-refractivity contribution in [3.8, 4) is 0 Å². The van der Waals surface area contributed by atoms with Crippen molar-refractivity contribution in [3.63, 3.8) is 0 Å². The van der Waals surface area contributed by atoms with Crippen LogP contribution < -0.4 is 10.6 Å². The number of rotatable bonds is 5. The molecule has 1 aliphatic rings. The number of benzene rings is 1. The zero-order chi connectivity index (χ0) is 16.1. The molecule has 2 heterocycles. The summed E-state index contributed by atoms with van der Waals surface area (Å²) in [5, 5.41) is 6.56. The number of hydrogen-bond donors (Lipinski definition) is 2. The minimum atomic E-state index is -0.134. The lowest BCUT2D eigenvalue weighted by Crippen LogP contribution is -2.35. The molecule has 1 aromatic heterocycles. The maximum absolute atomic E-state index is 12.2. The van der Waals surface area contributed by atoms with Crippen molar-refractivity contribution in [3.05, 3.63) is 40.9 Å².